The molecule has 1 N–H and O–H groups in total. The van der Waals surface area contributed by atoms with Crippen molar-refractivity contribution in [2.75, 3.05) is 0 Å². The molecule has 1 amide bonds. The Morgan fingerprint density at radius 3 is 3.12 bits per heavy atom. The van der Waals surface area contributed by atoms with Crippen LogP contribution in [-0.2, 0) is 22.5 Å². The van der Waals surface area contributed by atoms with Crippen molar-refractivity contribution >= 4 is 23.0 Å². The second-order valence-electron chi connectivity index (χ2n) is 6.35. The number of oxime groups is 1. The van der Waals surface area contributed by atoms with Gasteiger partial charge in [-0.3, -0.25) is 4.79 Å². The first-order chi connectivity index (χ1) is 12.1. The number of hydrogen-bond donors (Lipinski definition) is 1. The van der Waals surface area contributed by atoms with Crippen molar-refractivity contribution in [1.29, 1.82) is 0 Å². The van der Waals surface area contributed by atoms with Crippen LogP contribution in [-0.4, -0.2) is 22.7 Å². The summed E-state index contributed by atoms with van der Waals surface area (Å²) in [5.41, 5.74) is 2.40. The number of benzene rings is 1. The summed E-state index contributed by atoms with van der Waals surface area (Å²) in [6, 6.07) is 5.97. The summed E-state index contributed by atoms with van der Waals surface area (Å²) < 4.78 is 13.3. The van der Waals surface area contributed by atoms with E-state index in [1.165, 1.54) is 29.1 Å². The maximum absolute atomic E-state index is 13.3. The van der Waals surface area contributed by atoms with Crippen molar-refractivity contribution in [2.24, 2.45) is 5.16 Å². The van der Waals surface area contributed by atoms with E-state index >= 15 is 0 Å². The van der Waals surface area contributed by atoms with E-state index in [4.69, 9.17) is 4.84 Å². The number of nitrogens with one attached hydrogen (secondary N) is 1. The van der Waals surface area contributed by atoms with Gasteiger partial charge in [-0.15, -0.1) is 11.3 Å². The number of carbonyl (C=O) groups excluding carboxylic acids is 1. The Morgan fingerprint density at radius 2 is 2.32 bits per heavy atom. The number of halogens is 1. The van der Waals surface area contributed by atoms with Gasteiger partial charge in [0.25, 0.3) is 5.91 Å². The van der Waals surface area contributed by atoms with Crippen LogP contribution < -0.4 is 5.32 Å². The number of thiazole rings is 1. The van der Waals surface area contributed by atoms with Crippen molar-refractivity contribution in [3.8, 4) is 0 Å². The SMILES string of the molecule is CC(NC(=O)C1CC(c2cccc(F)c2)=NO1)c1nc2c(s1)CCC2. The Labute approximate surface area is 148 Å². The molecule has 0 saturated heterocycles. The van der Waals surface area contributed by atoms with Crippen LogP contribution in [0, 0.1) is 5.82 Å². The molecule has 4 rings (SSSR count). The zero-order valence-electron chi connectivity index (χ0n) is 13.8. The Bertz CT molecular complexity index is 827. The predicted molar refractivity (Wildman–Crippen MR) is 93.1 cm³/mol. The zero-order chi connectivity index (χ0) is 17.4. The van der Waals surface area contributed by atoms with Gasteiger partial charge in [0.05, 0.1) is 17.4 Å². The van der Waals surface area contributed by atoms with Crippen molar-refractivity contribution in [3.63, 3.8) is 0 Å². The van der Waals surface area contributed by atoms with Gasteiger partial charge in [-0.25, -0.2) is 9.37 Å². The van der Waals surface area contributed by atoms with Gasteiger partial charge in [0, 0.05) is 16.9 Å². The number of hydrogen-bond acceptors (Lipinski definition) is 5. The minimum atomic E-state index is -0.687. The second kappa shape index (κ2) is 6.55. The molecular formula is C18H18FN3O2S. The molecule has 2 heterocycles. The predicted octanol–water partition coefficient (Wildman–Crippen LogP) is 3.14. The maximum Gasteiger partial charge on any atom is 0.264 e. The molecule has 1 aromatic carbocycles. The largest absolute Gasteiger partial charge is 0.382 e. The Balaban J connectivity index is 1.37. The lowest BCUT2D eigenvalue weighted by atomic mass is 10.0. The normalized spacial score (nSPS) is 19.9. The lowest BCUT2D eigenvalue weighted by molar-refractivity contribution is -0.131. The molecule has 0 spiro atoms. The van der Waals surface area contributed by atoms with E-state index in [0.29, 0.717) is 17.7 Å². The van der Waals surface area contributed by atoms with Gasteiger partial charge in [-0.05, 0) is 38.3 Å². The van der Waals surface area contributed by atoms with Crippen LogP contribution in [0.3, 0.4) is 0 Å². The summed E-state index contributed by atoms with van der Waals surface area (Å²) in [6.45, 7) is 1.93. The molecule has 7 heteroatoms. The van der Waals surface area contributed by atoms with E-state index in [1.54, 1.807) is 23.5 Å². The number of amides is 1. The molecule has 25 heavy (non-hydrogen) atoms. The van der Waals surface area contributed by atoms with Gasteiger partial charge in [-0.2, -0.15) is 0 Å². The molecule has 0 fully saturated rings. The van der Waals surface area contributed by atoms with Crippen LogP contribution >= 0.6 is 11.3 Å². The topological polar surface area (TPSA) is 63.6 Å². The average molecular weight is 359 g/mol. The summed E-state index contributed by atoms with van der Waals surface area (Å²) in [5.74, 6) is -0.559. The molecule has 0 radical (unpaired) electrons. The number of carbonyl (C=O) groups is 1. The summed E-state index contributed by atoms with van der Waals surface area (Å²) in [5, 5.41) is 7.83. The summed E-state index contributed by atoms with van der Waals surface area (Å²) >= 11 is 1.68. The van der Waals surface area contributed by atoms with Gasteiger partial charge < -0.3 is 10.2 Å². The first kappa shape index (κ1) is 16.2. The number of fused-ring (bicyclic) bond motifs is 1. The highest BCUT2D eigenvalue weighted by Crippen LogP contribution is 2.30. The highest BCUT2D eigenvalue weighted by atomic mass is 32.1. The molecule has 0 bridgehead atoms. The molecule has 2 aliphatic rings. The summed E-state index contributed by atoms with van der Waals surface area (Å²) in [7, 11) is 0. The quantitative estimate of drug-likeness (QED) is 0.912. The third-order valence-electron chi connectivity index (χ3n) is 4.46. The number of nitrogens with zero attached hydrogens (tertiary/aromatic N) is 2. The highest BCUT2D eigenvalue weighted by Gasteiger charge is 2.30. The van der Waals surface area contributed by atoms with Crippen LogP contribution in [0.5, 0.6) is 0 Å². The monoisotopic (exact) mass is 359 g/mol. The number of rotatable bonds is 4. The van der Waals surface area contributed by atoms with Gasteiger partial charge in [0.2, 0.25) is 6.10 Å². The molecule has 1 aromatic heterocycles. The van der Waals surface area contributed by atoms with Crippen molar-refractivity contribution < 1.29 is 14.0 Å². The number of aromatic nitrogens is 1. The number of aryl methyl sites for hydroxylation is 2. The van der Waals surface area contributed by atoms with Gasteiger partial charge >= 0.3 is 0 Å². The Morgan fingerprint density at radius 1 is 1.44 bits per heavy atom. The maximum atomic E-state index is 13.3. The van der Waals surface area contributed by atoms with E-state index in [1.807, 2.05) is 6.92 Å². The van der Waals surface area contributed by atoms with Gasteiger partial charge in [-0.1, -0.05) is 17.3 Å². The summed E-state index contributed by atoms with van der Waals surface area (Å²) in [6.07, 6.45) is 2.93. The summed E-state index contributed by atoms with van der Waals surface area (Å²) in [4.78, 5) is 23.7. The molecule has 1 aliphatic heterocycles. The van der Waals surface area contributed by atoms with E-state index in [9.17, 15) is 9.18 Å². The smallest absolute Gasteiger partial charge is 0.264 e. The van der Waals surface area contributed by atoms with Crippen molar-refractivity contribution in [2.45, 2.75) is 44.8 Å². The average Bonchev–Trinajstić information content (AvgIpc) is 3.30. The minimum Gasteiger partial charge on any atom is -0.382 e. The van der Waals surface area contributed by atoms with E-state index < -0.39 is 6.10 Å². The van der Waals surface area contributed by atoms with Crippen molar-refractivity contribution in [1.82, 2.24) is 10.3 Å². The van der Waals surface area contributed by atoms with Crippen LogP contribution in [0.15, 0.2) is 29.4 Å². The van der Waals surface area contributed by atoms with Crippen molar-refractivity contribution in [3.05, 3.63) is 51.2 Å². The fourth-order valence-corrected chi connectivity index (χ4v) is 4.28. The molecular weight excluding hydrogens is 341 g/mol. The third kappa shape index (κ3) is 3.28. The molecule has 0 saturated carbocycles. The zero-order valence-corrected chi connectivity index (χ0v) is 14.6. The Hall–Kier alpha value is -2.28. The molecule has 1 aliphatic carbocycles. The fraction of sp³-hybridized carbons (Fsp3) is 0.389. The van der Waals surface area contributed by atoms with Gasteiger partial charge in [0.1, 0.15) is 10.8 Å². The first-order valence-electron chi connectivity index (χ1n) is 8.37. The lowest BCUT2D eigenvalue weighted by Crippen LogP contribution is -2.36. The van der Waals surface area contributed by atoms with E-state index in [0.717, 1.165) is 17.8 Å². The van der Waals surface area contributed by atoms with Gasteiger partial charge in [0.15, 0.2) is 0 Å². The Kier molecular flexibility index (Phi) is 4.25. The molecule has 2 atom stereocenters. The molecule has 2 aromatic rings. The van der Waals surface area contributed by atoms with Crippen LogP contribution in [0.1, 0.15) is 46.9 Å². The van der Waals surface area contributed by atoms with E-state index in [-0.39, 0.29) is 17.8 Å². The fourth-order valence-electron chi connectivity index (χ4n) is 3.12. The molecule has 2 unspecified atom stereocenters. The standard InChI is InChI=1S/C18H18FN3O2S/c1-10(18-21-13-6-3-7-16(13)25-18)20-17(23)15-9-14(22-24-15)11-4-2-5-12(19)8-11/h2,4-5,8,10,15H,3,6-7,9H2,1H3,(H,20,23). The molecule has 130 valence electrons. The van der Waals surface area contributed by atoms with Crippen LogP contribution in [0.4, 0.5) is 4.39 Å². The first-order valence-corrected chi connectivity index (χ1v) is 9.19. The highest BCUT2D eigenvalue weighted by molar-refractivity contribution is 7.11. The minimum absolute atomic E-state index is 0.162. The van der Waals surface area contributed by atoms with E-state index in [2.05, 4.69) is 15.5 Å². The lowest BCUT2D eigenvalue weighted by Gasteiger charge is -2.14. The molecule has 5 nitrogen and oxygen atoms in total. The van der Waals surface area contributed by atoms with Crippen LogP contribution in [0.2, 0.25) is 0 Å². The third-order valence-corrected chi connectivity index (χ3v) is 5.80. The van der Waals surface area contributed by atoms with Crippen LogP contribution in [0.25, 0.3) is 0 Å². The second-order valence-corrected chi connectivity index (χ2v) is 7.47.